The normalized spacial score (nSPS) is 16.4. The summed E-state index contributed by atoms with van der Waals surface area (Å²) in [7, 11) is 0. The van der Waals surface area contributed by atoms with Crippen molar-refractivity contribution in [2.75, 3.05) is 16.8 Å². The van der Waals surface area contributed by atoms with Crippen LogP contribution in [0.15, 0.2) is 126 Å². The lowest BCUT2D eigenvalue weighted by atomic mass is 9.99. The molecule has 6 aromatic rings. The number of phenols is 1. The van der Waals surface area contributed by atoms with Crippen molar-refractivity contribution in [1.29, 1.82) is 0 Å². The van der Waals surface area contributed by atoms with E-state index in [1.54, 1.807) is 41.1 Å². The molecule has 2 heterocycles. The van der Waals surface area contributed by atoms with Crippen LogP contribution in [0.3, 0.4) is 0 Å². The SMILES string of the molecule is Nc1ccccc1NC(=O)CCCCCC(=O)NCc1cccc(-c2cccc([C@H]3O[C@@H](CSc4nnnn4-c4ccc(O)cc4)C[C@@H](c4ccc(CO)cc4)O3)c2)c1. The average Bonchev–Trinajstić information content (AvgIpc) is 3.75. The van der Waals surface area contributed by atoms with Gasteiger partial charge in [-0.15, -0.1) is 5.10 Å². The Hall–Kier alpha value is -6.06. The number of rotatable bonds is 17. The molecule has 1 fully saturated rings. The van der Waals surface area contributed by atoms with Crippen LogP contribution in [0.2, 0.25) is 0 Å². The molecule has 6 N–H and O–H groups in total. The van der Waals surface area contributed by atoms with Gasteiger partial charge in [0.2, 0.25) is 17.0 Å². The monoisotopic (exact) mass is 813 g/mol. The summed E-state index contributed by atoms with van der Waals surface area (Å²) in [4.78, 5) is 25.0. The summed E-state index contributed by atoms with van der Waals surface area (Å²) in [6.07, 6.45) is 2.34. The maximum absolute atomic E-state index is 12.7. The van der Waals surface area contributed by atoms with Crippen molar-refractivity contribution in [3.05, 3.63) is 144 Å². The molecule has 1 aliphatic heterocycles. The Morgan fingerprint density at radius 1 is 0.797 bits per heavy atom. The summed E-state index contributed by atoms with van der Waals surface area (Å²) >= 11 is 1.48. The van der Waals surface area contributed by atoms with Crippen LogP contribution >= 0.6 is 11.8 Å². The number of aliphatic hydroxyl groups is 1. The van der Waals surface area contributed by atoms with Gasteiger partial charge in [-0.1, -0.05) is 91.0 Å². The fourth-order valence-electron chi connectivity index (χ4n) is 6.80. The van der Waals surface area contributed by atoms with E-state index in [0.29, 0.717) is 60.9 Å². The standard InChI is InChI=1S/C45H47N7O6S/c46-39-12-4-5-13-40(39)48-43(56)15-3-1-2-14-42(55)47-27-31-8-6-9-33(24-31)34-10-7-11-35(25-34)44-57-38(26-41(58-44)32-18-16-30(28-53)17-19-32)29-59-45-49-50-51-52(45)36-20-22-37(54)23-21-36/h4-13,16-25,38,41,44,53-54H,1-3,14-15,26-29,46H2,(H,47,55)(H,48,56)/t38-,41+,44+/m1/s1. The van der Waals surface area contributed by atoms with E-state index in [-0.39, 0.29) is 36.4 Å². The van der Waals surface area contributed by atoms with Gasteiger partial charge in [-0.05, 0) is 99.6 Å². The minimum absolute atomic E-state index is 0.0318. The molecule has 1 aliphatic rings. The number of nitrogens with one attached hydrogen (secondary N) is 2. The van der Waals surface area contributed by atoms with Crippen molar-refractivity contribution in [3.63, 3.8) is 0 Å². The summed E-state index contributed by atoms with van der Waals surface area (Å²) in [5, 5.41) is 38.1. The number of nitrogens with two attached hydrogens (primary N) is 1. The molecule has 1 aromatic heterocycles. The lowest BCUT2D eigenvalue weighted by Crippen LogP contribution is -2.31. The molecule has 0 radical (unpaired) electrons. The van der Waals surface area contributed by atoms with Gasteiger partial charge in [-0.3, -0.25) is 9.59 Å². The molecule has 3 atom stereocenters. The van der Waals surface area contributed by atoms with Gasteiger partial charge in [-0.25, -0.2) is 0 Å². The van der Waals surface area contributed by atoms with Crippen LogP contribution in [-0.4, -0.2) is 54.1 Å². The molecule has 7 rings (SSSR count). The lowest BCUT2D eigenvalue weighted by molar-refractivity contribution is -0.245. The number of benzene rings is 5. The van der Waals surface area contributed by atoms with Gasteiger partial charge in [0.25, 0.3) is 0 Å². The van der Waals surface area contributed by atoms with E-state index in [0.717, 1.165) is 45.5 Å². The number of aliphatic hydroxyl groups excluding tert-OH is 1. The lowest BCUT2D eigenvalue weighted by Gasteiger charge is -2.36. The van der Waals surface area contributed by atoms with Gasteiger partial charge in [0, 0.05) is 37.1 Å². The molecule has 2 amide bonds. The number of thioether (sulfide) groups is 1. The number of carbonyl (C=O) groups excluding carboxylic acids is 2. The van der Waals surface area contributed by atoms with Crippen LogP contribution in [0, 0.1) is 0 Å². The number of tetrazole rings is 1. The molecule has 0 aliphatic carbocycles. The second-order valence-corrected chi connectivity index (χ2v) is 15.3. The number of unbranched alkanes of at least 4 members (excludes halogenated alkanes) is 2. The highest BCUT2D eigenvalue weighted by Crippen LogP contribution is 2.40. The Morgan fingerprint density at radius 2 is 1.54 bits per heavy atom. The third kappa shape index (κ3) is 11.3. The molecule has 59 heavy (non-hydrogen) atoms. The number of hydrogen-bond donors (Lipinski definition) is 5. The van der Waals surface area contributed by atoms with Crippen LogP contribution in [0.1, 0.15) is 73.2 Å². The highest BCUT2D eigenvalue weighted by molar-refractivity contribution is 7.99. The Bertz CT molecular complexity index is 2320. The highest BCUT2D eigenvalue weighted by Gasteiger charge is 2.33. The predicted octanol–water partition coefficient (Wildman–Crippen LogP) is 7.65. The van der Waals surface area contributed by atoms with Crippen LogP contribution in [0.5, 0.6) is 5.75 Å². The molecule has 5 aromatic carbocycles. The number of carbonyl (C=O) groups is 2. The van der Waals surface area contributed by atoms with Crippen molar-refractivity contribution < 1.29 is 29.3 Å². The number of nitrogens with zero attached hydrogens (tertiary/aromatic N) is 4. The average molecular weight is 814 g/mol. The van der Waals surface area contributed by atoms with E-state index in [9.17, 15) is 19.8 Å². The molecule has 0 spiro atoms. The molecule has 304 valence electrons. The van der Waals surface area contributed by atoms with Crippen LogP contribution in [0.25, 0.3) is 16.8 Å². The minimum Gasteiger partial charge on any atom is -0.508 e. The van der Waals surface area contributed by atoms with E-state index in [1.165, 1.54) is 11.8 Å². The van der Waals surface area contributed by atoms with Crippen LogP contribution < -0.4 is 16.4 Å². The number of aromatic nitrogens is 4. The van der Waals surface area contributed by atoms with Gasteiger partial charge in [0.15, 0.2) is 6.29 Å². The van der Waals surface area contributed by atoms with E-state index >= 15 is 0 Å². The highest BCUT2D eigenvalue weighted by atomic mass is 32.2. The van der Waals surface area contributed by atoms with Gasteiger partial charge in [0.1, 0.15) is 5.75 Å². The quantitative estimate of drug-likeness (QED) is 0.0346. The second kappa shape index (κ2) is 20.1. The predicted molar refractivity (Wildman–Crippen MR) is 226 cm³/mol. The summed E-state index contributed by atoms with van der Waals surface area (Å²) in [6.45, 7) is 0.358. The zero-order chi connectivity index (χ0) is 41.0. The number of para-hydroxylation sites is 2. The number of nitrogen functional groups attached to an aromatic ring is 1. The molecule has 0 saturated carbocycles. The summed E-state index contributed by atoms with van der Waals surface area (Å²) in [5.74, 6) is 0.592. The minimum atomic E-state index is -0.663. The fourth-order valence-corrected chi connectivity index (χ4v) is 7.71. The smallest absolute Gasteiger partial charge is 0.224 e. The second-order valence-electron chi connectivity index (χ2n) is 14.3. The first kappa shape index (κ1) is 41.1. The Morgan fingerprint density at radius 3 is 2.32 bits per heavy atom. The van der Waals surface area contributed by atoms with E-state index < -0.39 is 6.29 Å². The Balaban J connectivity index is 0.956. The Labute approximate surface area is 347 Å². The number of phenolic OH excluding ortho intramolecular Hbond substituents is 1. The first-order chi connectivity index (χ1) is 28.8. The largest absolute Gasteiger partial charge is 0.508 e. The molecular formula is C45H47N7O6S. The first-order valence-corrected chi connectivity index (χ1v) is 20.6. The fraction of sp³-hybridized carbons (Fsp3) is 0.267. The molecule has 0 unspecified atom stereocenters. The molecule has 14 heteroatoms. The Kier molecular flexibility index (Phi) is 14.0. The zero-order valence-corrected chi connectivity index (χ0v) is 33.3. The number of amides is 2. The number of aromatic hydroxyl groups is 1. The van der Waals surface area contributed by atoms with E-state index in [1.807, 2.05) is 72.8 Å². The molecular weight excluding hydrogens is 767 g/mol. The van der Waals surface area contributed by atoms with Crippen molar-refractivity contribution in [2.45, 2.75) is 75.3 Å². The van der Waals surface area contributed by atoms with Gasteiger partial charge in [-0.2, -0.15) is 4.68 Å². The van der Waals surface area contributed by atoms with Gasteiger partial charge < -0.3 is 36.1 Å². The third-order valence-corrected chi connectivity index (χ3v) is 11.1. The maximum atomic E-state index is 12.7. The molecule has 0 bridgehead atoms. The first-order valence-electron chi connectivity index (χ1n) is 19.6. The van der Waals surface area contributed by atoms with Gasteiger partial charge in [0.05, 0.1) is 35.9 Å². The zero-order valence-electron chi connectivity index (χ0n) is 32.4. The van der Waals surface area contributed by atoms with Crippen molar-refractivity contribution in [1.82, 2.24) is 25.5 Å². The number of ether oxygens (including phenoxy) is 2. The number of hydrogen-bond acceptors (Lipinski definition) is 11. The van der Waals surface area contributed by atoms with E-state index in [4.69, 9.17) is 15.2 Å². The van der Waals surface area contributed by atoms with Crippen molar-refractivity contribution in [2.24, 2.45) is 0 Å². The maximum Gasteiger partial charge on any atom is 0.224 e. The van der Waals surface area contributed by atoms with Crippen molar-refractivity contribution in [3.8, 4) is 22.6 Å². The van der Waals surface area contributed by atoms with E-state index in [2.05, 4.69) is 38.3 Å². The topological polar surface area (TPSA) is 187 Å². The molecule has 1 saturated heterocycles. The van der Waals surface area contributed by atoms with Crippen LogP contribution in [0.4, 0.5) is 11.4 Å². The van der Waals surface area contributed by atoms with Crippen molar-refractivity contribution >= 4 is 35.0 Å². The van der Waals surface area contributed by atoms with Crippen LogP contribution in [-0.2, 0) is 32.2 Å². The summed E-state index contributed by atoms with van der Waals surface area (Å²) in [5.41, 5.74) is 13.4. The number of anilines is 2. The van der Waals surface area contributed by atoms with Gasteiger partial charge >= 0.3 is 0 Å². The summed E-state index contributed by atoms with van der Waals surface area (Å²) < 4.78 is 14.9. The summed E-state index contributed by atoms with van der Waals surface area (Å²) in [6, 6.07) is 37.8. The molecule has 13 nitrogen and oxygen atoms in total. The third-order valence-electron chi connectivity index (χ3n) is 10.00.